The van der Waals surface area contributed by atoms with Gasteiger partial charge in [0, 0.05) is 17.8 Å². The Bertz CT molecular complexity index is 141. The van der Waals surface area contributed by atoms with E-state index in [-0.39, 0.29) is 0 Å². The minimum atomic E-state index is 0.720. The summed E-state index contributed by atoms with van der Waals surface area (Å²) in [7, 11) is 0. The first-order valence-electron chi connectivity index (χ1n) is 6.02. The molecule has 0 aromatic heterocycles. The van der Waals surface area contributed by atoms with Crippen molar-refractivity contribution in [3.8, 4) is 0 Å². The molecule has 1 rings (SSSR count). The molecule has 0 bridgehead atoms. The second kappa shape index (κ2) is 6.73. The molecule has 14 heavy (non-hydrogen) atoms. The van der Waals surface area contributed by atoms with Crippen LogP contribution in [0.3, 0.4) is 0 Å². The van der Waals surface area contributed by atoms with E-state index in [1.807, 2.05) is 0 Å². The van der Waals surface area contributed by atoms with E-state index in [2.05, 4.69) is 37.8 Å². The lowest BCUT2D eigenvalue weighted by Crippen LogP contribution is -2.36. The molecule has 1 heterocycles. The van der Waals surface area contributed by atoms with Crippen molar-refractivity contribution >= 4 is 11.8 Å². The third kappa shape index (κ3) is 5.26. The molecule has 1 saturated heterocycles. The van der Waals surface area contributed by atoms with Crippen molar-refractivity contribution in [1.82, 2.24) is 5.32 Å². The molecule has 0 aromatic rings. The van der Waals surface area contributed by atoms with Crippen molar-refractivity contribution in [2.24, 2.45) is 5.92 Å². The second-order valence-electron chi connectivity index (χ2n) is 4.95. The predicted octanol–water partition coefficient (Wildman–Crippen LogP) is 3.30. The third-order valence-electron chi connectivity index (χ3n) is 2.87. The van der Waals surface area contributed by atoms with E-state index in [1.54, 1.807) is 0 Å². The van der Waals surface area contributed by atoms with Gasteiger partial charge >= 0.3 is 0 Å². The zero-order valence-electron chi connectivity index (χ0n) is 9.88. The Hall–Kier alpha value is 0.310. The third-order valence-corrected chi connectivity index (χ3v) is 4.03. The van der Waals surface area contributed by atoms with Gasteiger partial charge in [-0.15, -0.1) is 0 Å². The zero-order valence-corrected chi connectivity index (χ0v) is 10.7. The lowest BCUT2D eigenvalue weighted by molar-refractivity contribution is 0.421. The van der Waals surface area contributed by atoms with Gasteiger partial charge in [0.2, 0.25) is 0 Å². The van der Waals surface area contributed by atoms with Gasteiger partial charge in [0.15, 0.2) is 0 Å². The topological polar surface area (TPSA) is 12.0 Å². The van der Waals surface area contributed by atoms with Crippen molar-refractivity contribution in [2.75, 3.05) is 11.5 Å². The molecule has 2 atom stereocenters. The van der Waals surface area contributed by atoms with Crippen molar-refractivity contribution in [1.29, 1.82) is 0 Å². The van der Waals surface area contributed by atoms with E-state index in [0.717, 1.165) is 18.0 Å². The van der Waals surface area contributed by atoms with Crippen LogP contribution in [0.15, 0.2) is 0 Å². The normalized spacial score (nSPS) is 24.4. The molecule has 1 nitrogen and oxygen atoms in total. The van der Waals surface area contributed by atoms with Crippen LogP contribution in [0.2, 0.25) is 0 Å². The number of hydrogen-bond donors (Lipinski definition) is 1. The molecule has 0 saturated carbocycles. The Balaban J connectivity index is 2.00. The molecule has 2 heteroatoms. The lowest BCUT2D eigenvalue weighted by Gasteiger charge is -2.18. The second-order valence-corrected chi connectivity index (χ2v) is 6.10. The van der Waals surface area contributed by atoms with Crippen LogP contribution in [0.4, 0.5) is 0 Å². The first-order valence-corrected chi connectivity index (χ1v) is 7.17. The number of hydrogen-bond acceptors (Lipinski definition) is 2. The summed E-state index contributed by atoms with van der Waals surface area (Å²) in [4.78, 5) is 0. The summed E-state index contributed by atoms with van der Waals surface area (Å²) >= 11 is 2.09. The summed E-state index contributed by atoms with van der Waals surface area (Å²) in [6, 6.07) is 1.52. The van der Waals surface area contributed by atoms with Crippen molar-refractivity contribution in [3.63, 3.8) is 0 Å². The summed E-state index contributed by atoms with van der Waals surface area (Å²) in [5.74, 6) is 3.55. The largest absolute Gasteiger partial charge is 0.311 e. The van der Waals surface area contributed by atoms with Crippen LogP contribution in [0.5, 0.6) is 0 Å². The number of nitrogens with one attached hydrogen (secondary N) is 1. The molecule has 0 spiro atoms. The highest BCUT2D eigenvalue weighted by molar-refractivity contribution is 7.99. The highest BCUT2D eigenvalue weighted by atomic mass is 32.2. The fourth-order valence-electron chi connectivity index (χ4n) is 1.98. The van der Waals surface area contributed by atoms with Crippen molar-refractivity contribution in [3.05, 3.63) is 0 Å². The average molecular weight is 215 g/mol. The molecular formula is C12H25NS. The van der Waals surface area contributed by atoms with Crippen molar-refractivity contribution in [2.45, 2.75) is 58.5 Å². The fraction of sp³-hybridized carbons (Fsp3) is 1.00. The van der Waals surface area contributed by atoms with Crippen molar-refractivity contribution < 1.29 is 0 Å². The highest BCUT2D eigenvalue weighted by Gasteiger charge is 2.16. The first kappa shape index (κ1) is 12.4. The zero-order chi connectivity index (χ0) is 10.4. The predicted molar refractivity (Wildman–Crippen MR) is 67.0 cm³/mol. The summed E-state index contributed by atoms with van der Waals surface area (Å²) in [6.07, 6.45) is 5.48. The summed E-state index contributed by atoms with van der Waals surface area (Å²) < 4.78 is 0. The fourth-order valence-corrected chi connectivity index (χ4v) is 3.15. The standard InChI is InChI=1S/C12H25NS/c1-10(2)5-4-6-11(3)13-12-7-8-14-9-12/h10-13H,4-9H2,1-3H3/t11-,12+/m1/s1. The van der Waals surface area contributed by atoms with Crippen LogP contribution >= 0.6 is 11.8 Å². The molecule has 0 amide bonds. The molecule has 1 N–H and O–H groups in total. The van der Waals surface area contributed by atoms with Gasteiger partial charge < -0.3 is 5.32 Å². The van der Waals surface area contributed by atoms with E-state index < -0.39 is 0 Å². The monoisotopic (exact) mass is 215 g/mol. The van der Waals surface area contributed by atoms with Gasteiger partial charge in [-0.2, -0.15) is 11.8 Å². The number of rotatable bonds is 6. The maximum Gasteiger partial charge on any atom is 0.0168 e. The molecule has 1 aliphatic rings. The quantitative estimate of drug-likeness (QED) is 0.729. The van der Waals surface area contributed by atoms with Gasteiger partial charge in [-0.3, -0.25) is 0 Å². The minimum absolute atomic E-state index is 0.720. The Morgan fingerprint density at radius 3 is 2.64 bits per heavy atom. The minimum Gasteiger partial charge on any atom is -0.311 e. The van der Waals surface area contributed by atoms with E-state index in [0.29, 0.717) is 0 Å². The average Bonchev–Trinajstić information content (AvgIpc) is 2.56. The first-order chi connectivity index (χ1) is 6.68. The molecule has 0 aliphatic carbocycles. The van der Waals surface area contributed by atoms with Gasteiger partial charge in [-0.1, -0.05) is 26.7 Å². The van der Waals surface area contributed by atoms with Crippen LogP contribution in [0.25, 0.3) is 0 Å². The van der Waals surface area contributed by atoms with E-state index in [1.165, 1.54) is 37.2 Å². The maximum atomic E-state index is 3.73. The maximum absolute atomic E-state index is 3.73. The smallest absolute Gasteiger partial charge is 0.0168 e. The molecule has 0 unspecified atom stereocenters. The van der Waals surface area contributed by atoms with Gasteiger partial charge in [0.1, 0.15) is 0 Å². The summed E-state index contributed by atoms with van der Waals surface area (Å²) in [5.41, 5.74) is 0. The highest BCUT2D eigenvalue weighted by Crippen LogP contribution is 2.18. The van der Waals surface area contributed by atoms with Gasteiger partial charge in [-0.05, 0) is 31.4 Å². The molecule has 84 valence electrons. The van der Waals surface area contributed by atoms with E-state index in [4.69, 9.17) is 0 Å². The molecular weight excluding hydrogens is 190 g/mol. The van der Waals surface area contributed by atoms with Crippen LogP contribution in [-0.2, 0) is 0 Å². The molecule has 0 aromatic carbocycles. The van der Waals surface area contributed by atoms with Gasteiger partial charge in [0.05, 0.1) is 0 Å². The van der Waals surface area contributed by atoms with Crippen LogP contribution in [-0.4, -0.2) is 23.6 Å². The molecule has 1 fully saturated rings. The van der Waals surface area contributed by atoms with Crippen LogP contribution in [0.1, 0.15) is 46.5 Å². The van der Waals surface area contributed by atoms with Gasteiger partial charge in [0.25, 0.3) is 0 Å². The lowest BCUT2D eigenvalue weighted by atomic mass is 10.0. The Labute approximate surface area is 93.4 Å². The van der Waals surface area contributed by atoms with E-state index >= 15 is 0 Å². The molecule has 0 radical (unpaired) electrons. The Kier molecular flexibility index (Phi) is 5.95. The SMILES string of the molecule is CC(C)CCC[C@@H](C)N[C@H]1CCSC1. The Morgan fingerprint density at radius 2 is 2.07 bits per heavy atom. The molecule has 1 aliphatic heterocycles. The number of thioether (sulfide) groups is 1. The van der Waals surface area contributed by atoms with E-state index in [9.17, 15) is 0 Å². The Morgan fingerprint density at radius 1 is 1.29 bits per heavy atom. The van der Waals surface area contributed by atoms with Crippen LogP contribution in [0, 0.1) is 5.92 Å². The van der Waals surface area contributed by atoms with Crippen LogP contribution < -0.4 is 5.32 Å². The van der Waals surface area contributed by atoms with Gasteiger partial charge in [-0.25, -0.2) is 0 Å². The summed E-state index contributed by atoms with van der Waals surface area (Å²) in [5, 5.41) is 3.73. The summed E-state index contributed by atoms with van der Waals surface area (Å²) in [6.45, 7) is 6.96.